The average molecular weight is 255 g/mol. The second-order valence-corrected chi connectivity index (χ2v) is 5.25. The number of piperidine rings is 1. The van der Waals surface area contributed by atoms with E-state index in [1.54, 1.807) is 6.20 Å². The Morgan fingerprint density at radius 1 is 1.53 bits per heavy atom. The van der Waals surface area contributed by atoms with Gasteiger partial charge in [0.25, 0.3) is 0 Å². The van der Waals surface area contributed by atoms with E-state index in [0.29, 0.717) is 17.0 Å². The number of nitrogens with zero attached hydrogens (tertiary/aromatic N) is 2. The molecular formula is C13H19ClN2O. The molecule has 2 rings (SSSR count). The molecule has 2 atom stereocenters. The minimum absolute atomic E-state index is 0.0356. The summed E-state index contributed by atoms with van der Waals surface area (Å²) in [6.07, 6.45) is 4.11. The standard InChI is InChI=1S/C13H19ClN2O/c1-9-4-3-5-16(10(9)2)13-6-11(8-17)12(14)7-15-13/h6-7,9-10,17H,3-5,8H2,1-2H3. The lowest BCUT2D eigenvalue weighted by Gasteiger charge is -2.39. The van der Waals surface area contributed by atoms with Crippen molar-refractivity contribution in [2.75, 3.05) is 11.4 Å². The highest BCUT2D eigenvalue weighted by Gasteiger charge is 2.25. The van der Waals surface area contributed by atoms with E-state index in [9.17, 15) is 5.11 Å². The fraction of sp³-hybridized carbons (Fsp3) is 0.615. The van der Waals surface area contributed by atoms with Crippen LogP contribution in [0.25, 0.3) is 0 Å². The van der Waals surface area contributed by atoms with Crippen LogP contribution in [0.1, 0.15) is 32.3 Å². The normalized spacial score (nSPS) is 25.1. The van der Waals surface area contributed by atoms with Crippen LogP contribution in [0.2, 0.25) is 5.02 Å². The number of aliphatic hydroxyl groups is 1. The molecule has 1 aliphatic rings. The largest absolute Gasteiger partial charge is 0.392 e. The third kappa shape index (κ3) is 2.55. The maximum absolute atomic E-state index is 9.23. The number of pyridine rings is 1. The molecule has 0 bridgehead atoms. The molecule has 1 saturated heterocycles. The molecule has 1 aromatic heterocycles. The van der Waals surface area contributed by atoms with Gasteiger partial charge in [-0.05, 0) is 31.7 Å². The zero-order chi connectivity index (χ0) is 12.4. The fourth-order valence-electron chi connectivity index (χ4n) is 2.40. The van der Waals surface area contributed by atoms with Crippen molar-refractivity contribution in [2.45, 2.75) is 39.3 Å². The van der Waals surface area contributed by atoms with Gasteiger partial charge in [0.05, 0.1) is 11.6 Å². The molecule has 0 spiro atoms. The lowest BCUT2D eigenvalue weighted by molar-refractivity contribution is 0.281. The van der Waals surface area contributed by atoms with Crippen LogP contribution in [-0.2, 0) is 6.61 Å². The summed E-state index contributed by atoms with van der Waals surface area (Å²) in [6, 6.07) is 2.39. The monoisotopic (exact) mass is 254 g/mol. The molecule has 0 radical (unpaired) electrons. The summed E-state index contributed by atoms with van der Waals surface area (Å²) in [5, 5.41) is 9.76. The number of aliphatic hydroxyl groups excluding tert-OH is 1. The van der Waals surface area contributed by atoms with Gasteiger partial charge in [-0.25, -0.2) is 4.98 Å². The maximum atomic E-state index is 9.23. The molecule has 4 heteroatoms. The topological polar surface area (TPSA) is 36.4 Å². The summed E-state index contributed by atoms with van der Waals surface area (Å²) in [7, 11) is 0. The minimum Gasteiger partial charge on any atom is -0.392 e. The van der Waals surface area contributed by atoms with Crippen LogP contribution in [0.5, 0.6) is 0 Å². The molecule has 94 valence electrons. The lowest BCUT2D eigenvalue weighted by atomic mass is 9.92. The van der Waals surface area contributed by atoms with Crippen molar-refractivity contribution in [1.82, 2.24) is 4.98 Å². The number of hydrogen-bond donors (Lipinski definition) is 1. The van der Waals surface area contributed by atoms with E-state index in [-0.39, 0.29) is 6.61 Å². The molecule has 1 aromatic rings. The molecule has 3 nitrogen and oxygen atoms in total. The first kappa shape index (κ1) is 12.7. The van der Waals surface area contributed by atoms with Crippen LogP contribution in [0, 0.1) is 5.92 Å². The van der Waals surface area contributed by atoms with Gasteiger partial charge in [-0.3, -0.25) is 0 Å². The summed E-state index contributed by atoms with van der Waals surface area (Å²) < 4.78 is 0. The predicted octanol–water partition coefficient (Wildman–Crippen LogP) is 2.85. The van der Waals surface area contributed by atoms with Crippen molar-refractivity contribution in [1.29, 1.82) is 0 Å². The van der Waals surface area contributed by atoms with Crippen molar-refractivity contribution in [3.8, 4) is 0 Å². The Morgan fingerprint density at radius 2 is 2.29 bits per heavy atom. The summed E-state index contributed by atoms with van der Waals surface area (Å²) in [6.45, 7) is 5.51. The van der Waals surface area contributed by atoms with Crippen molar-refractivity contribution in [3.63, 3.8) is 0 Å². The van der Waals surface area contributed by atoms with Crippen LogP contribution in [-0.4, -0.2) is 22.7 Å². The molecule has 2 heterocycles. The van der Waals surface area contributed by atoms with Gasteiger partial charge in [-0.15, -0.1) is 0 Å². The van der Waals surface area contributed by atoms with Crippen molar-refractivity contribution in [2.24, 2.45) is 5.92 Å². The van der Waals surface area contributed by atoms with Gasteiger partial charge >= 0.3 is 0 Å². The fourth-order valence-corrected chi connectivity index (χ4v) is 2.57. The van der Waals surface area contributed by atoms with E-state index in [1.165, 1.54) is 12.8 Å². The molecule has 0 aromatic carbocycles. The zero-order valence-electron chi connectivity index (χ0n) is 10.4. The smallest absolute Gasteiger partial charge is 0.129 e. The van der Waals surface area contributed by atoms with Gasteiger partial charge in [0.15, 0.2) is 0 Å². The Kier molecular flexibility index (Phi) is 3.89. The van der Waals surface area contributed by atoms with Crippen molar-refractivity contribution >= 4 is 17.4 Å². The minimum atomic E-state index is -0.0356. The van der Waals surface area contributed by atoms with Gasteiger partial charge in [0.1, 0.15) is 5.82 Å². The highest BCUT2D eigenvalue weighted by atomic mass is 35.5. The van der Waals surface area contributed by atoms with Gasteiger partial charge in [0, 0.05) is 24.3 Å². The second-order valence-electron chi connectivity index (χ2n) is 4.85. The predicted molar refractivity (Wildman–Crippen MR) is 70.4 cm³/mol. The quantitative estimate of drug-likeness (QED) is 0.882. The number of rotatable bonds is 2. The van der Waals surface area contributed by atoms with Crippen molar-refractivity contribution < 1.29 is 5.11 Å². The van der Waals surface area contributed by atoms with Gasteiger partial charge in [-0.2, -0.15) is 0 Å². The second kappa shape index (κ2) is 5.23. The Bertz CT molecular complexity index is 397. The van der Waals surface area contributed by atoms with E-state index in [2.05, 4.69) is 23.7 Å². The molecule has 17 heavy (non-hydrogen) atoms. The van der Waals surface area contributed by atoms with E-state index >= 15 is 0 Å². The first-order valence-electron chi connectivity index (χ1n) is 6.15. The molecule has 0 saturated carbocycles. The van der Waals surface area contributed by atoms with Crippen LogP contribution < -0.4 is 4.90 Å². The third-order valence-corrected chi connectivity index (χ3v) is 4.10. The first-order chi connectivity index (χ1) is 8.13. The molecule has 1 N–H and O–H groups in total. The van der Waals surface area contributed by atoms with Crippen LogP contribution in [0.3, 0.4) is 0 Å². The van der Waals surface area contributed by atoms with Crippen LogP contribution in [0.4, 0.5) is 5.82 Å². The third-order valence-electron chi connectivity index (χ3n) is 3.76. The van der Waals surface area contributed by atoms with E-state index in [0.717, 1.165) is 17.9 Å². The van der Waals surface area contributed by atoms with Gasteiger partial charge in [0.2, 0.25) is 0 Å². The Morgan fingerprint density at radius 3 is 3.00 bits per heavy atom. The molecular weight excluding hydrogens is 236 g/mol. The molecule has 0 aliphatic carbocycles. The van der Waals surface area contributed by atoms with E-state index in [4.69, 9.17) is 11.6 Å². The lowest BCUT2D eigenvalue weighted by Crippen LogP contribution is -2.42. The molecule has 2 unspecified atom stereocenters. The maximum Gasteiger partial charge on any atom is 0.129 e. The van der Waals surface area contributed by atoms with Gasteiger partial charge < -0.3 is 10.0 Å². The summed E-state index contributed by atoms with van der Waals surface area (Å²) in [5.74, 6) is 1.61. The van der Waals surface area contributed by atoms with Gasteiger partial charge in [-0.1, -0.05) is 18.5 Å². The van der Waals surface area contributed by atoms with Crippen LogP contribution >= 0.6 is 11.6 Å². The molecule has 1 fully saturated rings. The molecule has 0 amide bonds. The number of halogens is 1. The summed E-state index contributed by atoms with van der Waals surface area (Å²) in [5.41, 5.74) is 0.752. The number of anilines is 1. The molecule has 1 aliphatic heterocycles. The SMILES string of the molecule is CC1CCCN(c2cc(CO)c(Cl)cn2)C1C. The highest BCUT2D eigenvalue weighted by molar-refractivity contribution is 6.31. The van der Waals surface area contributed by atoms with E-state index in [1.807, 2.05) is 6.07 Å². The Hall–Kier alpha value is -0.800. The van der Waals surface area contributed by atoms with Crippen molar-refractivity contribution in [3.05, 3.63) is 22.8 Å². The average Bonchev–Trinajstić information content (AvgIpc) is 2.34. The zero-order valence-corrected chi connectivity index (χ0v) is 11.1. The van der Waals surface area contributed by atoms with Crippen LogP contribution in [0.15, 0.2) is 12.3 Å². The Labute approximate surface area is 107 Å². The van der Waals surface area contributed by atoms with E-state index < -0.39 is 0 Å². The highest BCUT2D eigenvalue weighted by Crippen LogP contribution is 2.29. The first-order valence-corrected chi connectivity index (χ1v) is 6.53. The number of hydrogen-bond acceptors (Lipinski definition) is 3. The number of aromatic nitrogens is 1. The Balaban J connectivity index is 2.27. The summed E-state index contributed by atoms with van der Waals surface area (Å²) in [4.78, 5) is 6.69. The summed E-state index contributed by atoms with van der Waals surface area (Å²) >= 11 is 5.96.